The van der Waals surface area contributed by atoms with E-state index in [1.165, 1.54) is 0 Å². The maximum Gasteiger partial charge on any atom is 0.290 e. The number of para-hydroxylation sites is 1. The number of carbonyl (C=O) groups is 2. The first kappa shape index (κ1) is 21.2. The quantitative estimate of drug-likeness (QED) is 0.503. The third-order valence-corrected chi connectivity index (χ3v) is 5.97. The molecule has 8 heteroatoms. The summed E-state index contributed by atoms with van der Waals surface area (Å²) in [6.07, 6.45) is 1.65. The zero-order valence-corrected chi connectivity index (χ0v) is 18.7. The number of hydrogen-bond donors (Lipinski definition) is 1. The van der Waals surface area contributed by atoms with Crippen molar-refractivity contribution in [2.45, 2.75) is 26.6 Å². The van der Waals surface area contributed by atoms with Crippen LogP contribution in [0.3, 0.4) is 0 Å². The molecule has 1 N–H and O–H groups in total. The van der Waals surface area contributed by atoms with Crippen LogP contribution in [-0.2, 0) is 11.3 Å². The molecule has 170 valence electrons. The van der Waals surface area contributed by atoms with Gasteiger partial charge in [-0.1, -0.05) is 18.2 Å². The van der Waals surface area contributed by atoms with Crippen LogP contribution < -0.4 is 0 Å². The zero-order chi connectivity index (χ0) is 22.9. The summed E-state index contributed by atoms with van der Waals surface area (Å²) in [6, 6.07) is 13.1. The standard InChI is InChI=1S/C25H26N4O4/c1-16(2)32-14-19-18-5-3-4-6-22(18)33-23(19)25(31)29-11-9-28(10-12-29)24(30)17-7-8-20-21(13-17)27-15-26-20/h3-8,13,15-16H,9-12,14H2,1-2H3,(H,26,27). The molecule has 1 aliphatic rings. The molecule has 1 fully saturated rings. The van der Waals surface area contributed by atoms with Crippen LogP contribution in [0.4, 0.5) is 0 Å². The van der Waals surface area contributed by atoms with Gasteiger partial charge in [0.15, 0.2) is 5.76 Å². The Hall–Kier alpha value is -3.65. The summed E-state index contributed by atoms with van der Waals surface area (Å²) in [6.45, 7) is 6.04. The Balaban J connectivity index is 1.31. The number of rotatable bonds is 5. The van der Waals surface area contributed by atoms with E-state index in [-0.39, 0.29) is 17.9 Å². The highest BCUT2D eigenvalue weighted by atomic mass is 16.5. The minimum absolute atomic E-state index is 0.0390. The van der Waals surface area contributed by atoms with E-state index >= 15 is 0 Å². The second kappa shape index (κ2) is 8.71. The van der Waals surface area contributed by atoms with Gasteiger partial charge in [-0.3, -0.25) is 9.59 Å². The van der Waals surface area contributed by atoms with Crippen LogP contribution in [0.15, 0.2) is 53.2 Å². The van der Waals surface area contributed by atoms with Gasteiger partial charge in [0.2, 0.25) is 0 Å². The molecule has 33 heavy (non-hydrogen) atoms. The lowest BCUT2D eigenvalue weighted by molar-refractivity contribution is 0.0500. The first-order valence-corrected chi connectivity index (χ1v) is 11.1. The van der Waals surface area contributed by atoms with Crippen LogP contribution in [0.25, 0.3) is 22.0 Å². The van der Waals surface area contributed by atoms with Crippen LogP contribution >= 0.6 is 0 Å². The number of furan rings is 1. The molecule has 2 amide bonds. The summed E-state index contributed by atoms with van der Waals surface area (Å²) in [5.74, 6) is 0.106. The van der Waals surface area contributed by atoms with Gasteiger partial charge >= 0.3 is 0 Å². The molecular formula is C25H26N4O4. The molecule has 0 atom stereocenters. The van der Waals surface area contributed by atoms with Crippen molar-refractivity contribution in [2.24, 2.45) is 0 Å². The molecule has 0 unspecified atom stereocenters. The third kappa shape index (κ3) is 4.09. The Bertz CT molecular complexity index is 1310. The monoisotopic (exact) mass is 446 g/mol. The minimum Gasteiger partial charge on any atom is -0.451 e. The Morgan fingerprint density at radius 3 is 2.55 bits per heavy atom. The fourth-order valence-electron chi connectivity index (χ4n) is 4.17. The van der Waals surface area contributed by atoms with Gasteiger partial charge in [-0.15, -0.1) is 0 Å². The number of fused-ring (bicyclic) bond motifs is 2. The van der Waals surface area contributed by atoms with E-state index in [1.807, 2.05) is 50.2 Å². The van der Waals surface area contributed by atoms with Crippen molar-refractivity contribution in [2.75, 3.05) is 26.2 Å². The molecule has 0 saturated carbocycles. The number of carbonyl (C=O) groups excluding carboxylic acids is 2. The van der Waals surface area contributed by atoms with Crippen LogP contribution in [0.5, 0.6) is 0 Å². The molecule has 0 radical (unpaired) electrons. The normalized spacial score (nSPS) is 14.5. The summed E-state index contributed by atoms with van der Waals surface area (Å²) in [5, 5.41) is 0.893. The van der Waals surface area contributed by atoms with Gasteiger partial charge in [0, 0.05) is 42.7 Å². The molecule has 1 saturated heterocycles. The van der Waals surface area contributed by atoms with Gasteiger partial charge in [0.25, 0.3) is 11.8 Å². The largest absolute Gasteiger partial charge is 0.451 e. The molecule has 0 bridgehead atoms. The Morgan fingerprint density at radius 2 is 1.79 bits per heavy atom. The molecule has 4 aromatic rings. The number of aromatic nitrogens is 2. The van der Waals surface area contributed by atoms with Gasteiger partial charge in [-0.05, 0) is 38.1 Å². The molecule has 3 heterocycles. The third-order valence-electron chi connectivity index (χ3n) is 5.97. The van der Waals surface area contributed by atoms with Crippen molar-refractivity contribution in [1.29, 1.82) is 0 Å². The highest BCUT2D eigenvalue weighted by molar-refractivity contribution is 6.00. The molecule has 8 nitrogen and oxygen atoms in total. The van der Waals surface area contributed by atoms with E-state index in [1.54, 1.807) is 22.2 Å². The molecule has 5 rings (SSSR count). The Labute approximate surface area is 191 Å². The summed E-state index contributed by atoms with van der Waals surface area (Å²) in [4.78, 5) is 37.1. The molecule has 0 aliphatic carbocycles. The lowest BCUT2D eigenvalue weighted by Gasteiger charge is -2.34. The van der Waals surface area contributed by atoms with Crippen molar-refractivity contribution >= 4 is 33.8 Å². The number of ether oxygens (including phenoxy) is 1. The van der Waals surface area contributed by atoms with Gasteiger partial charge < -0.3 is 23.9 Å². The topological polar surface area (TPSA) is 91.7 Å². The number of benzene rings is 2. The highest BCUT2D eigenvalue weighted by Crippen LogP contribution is 2.28. The lowest BCUT2D eigenvalue weighted by Crippen LogP contribution is -2.50. The zero-order valence-electron chi connectivity index (χ0n) is 18.7. The predicted molar refractivity (Wildman–Crippen MR) is 124 cm³/mol. The molecule has 2 aromatic carbocycles. The van der Waals surface area contributed by atoms with E-state index in [0.717, 1.165) is 22.0 Å². The van der Waals surface area contributed by atoms with Crippen molar-refractivity contribution in [3.8, 4) is 0 Å². The van der Waals surface area contributed by atoms with Gasteiger partial charge in [0.1, 0.15) is 5.58 Å². The smallest absolute Gasteiger partial charge is 0.290 e. The van der Waals surface area contributed by atoms with E-state index in [4.69, 9.17) is 9.15 Å². The number of hydrogen-bond acceptors (Lipinski definition) is 5. The summed E-state index contributed by atoms with van der Waals surface area (Å²) in [7, 11) is 0. The number of imidazole rings is 1. The van der Waals surface area contributed by atoms with E-state index in [0.29, 0.717) is 49.7 Å². The van der Waals surface area contributed by atoms with Crippen LogP contribution in [0.1, 0.15) is 40.3 Å². The molecule has 1 aliphatic heterocycles. The van der Waals surface area contributed by atoms with E-state index in [2.05, 4.69) is 9.97 Å². The Kier molecular flexibility index (Phi) is 5.60. The average molecular weight is 447 g/mol. The van der Waals surface area contributed by atoms with Crippen LogP contribution in [-0.4, -0.2) is 63.9 Å². The van der Waals surface area contributed by atoms with Crippen molar-refractivity contribution in [1.82, 2.24) is 19.8 Å². The number of amides is 2. The van der Waals surface area contributed by atoms with Crippen molar-refractivity contribution < 1.29 is 18.7 Å². The lowest BCUT2D eigenvalue weighted by atomic mass is 10.1. The Morgan fingerprint density at radius 1 is 1.06 bits per heavy atom. The molecule has 2 aromatic heterocycles. The maximum atomic E-state index is 13.4. The number of aromatic amines is 1. The molecule has 0 spiro atoms. The van der Waals surface area contributed by atoms with Crippen LogP contribution in [0.2, 0.25) is 0 Å². The second-order valence-corrected chi connectivity index (χ2v) is 8.48. The van der Waals surface area contributed by atoms with Crippen molar-refractivity contribution in [3.05, 3.63) is 65.7 Å². The van der Waals surface area contributed by atoms with Gasteiger partial charge in [-0.2, -0.15) is 0 Å². The maximum absolute atomic E-state index is 13.4. The van der Waals surface area contributed by atoms with Crippen LogP contribution in [0, 0.1) is 0 Å². The fraction of sp³-hybridized carbons (Fsp3) is 0.320. The fourth-order valence-corrected chi connectivity index (χ4v) is 4.17. The van der Waals surface area contributed by atoms with Crippen molar-refractivity contribution in [3.63, 3.8) is 0 Å². The number of nitrogens with one attached hydrogen (secondary N) is 1. The molecular weight excluding hydrogens is 420 g/mol. The minimum atomic E-state index is -0.167. The van der Waals surface area contributed by atoms with E-state index in [9.17, 15) is 9.59 Å². The van der Waals surface area contributed by atoms with E-state index < -0.39 is 0 Å². The predicted octanol–water partition coefficient (Wildman–Crippen LogP) is 3.83. The average Bonchev–Trinajstić information content (AvgIpc) is 3.46. The summed E-state index contributed by atoms with van der Waals surface area (Å²) >= 11 is 0. The summed E-state index contributed by atoms with van der Waals surface area (Å²) < 4.78 is 11.8. The first-order chi connectivity index (χ1) is 16.0. The summed E-state index contributed by atoms with van der Waals surface area (Å²) in [5.41, 5.74) is 3.71. The van der Waals surface area contributed by atoms with Gasteiger partial charge in [-0.25, -0.2) is 4.98 Å². The second-order valence-electron chi connectivity index (χ2n) is 8.48. The number of nitrogens with zero attached hydrogens (tertiary/aromatic N) is 3. The van der Waals surface area contributed by atoms with Gasteiger partial charge in [0.05, 0.1) is 30.1 Å². The number of piperazine rings is 1. The SMILES string of the molecule is CC(C)OCc1c(C(=O)N2CCN(C(=O)c3ccc4nc[nH]c4c3)CC2)oc2ccccc12. The number of H-pyrrole nitrogens is 1. The highest BCUT2D eigenvalue weighted by Gasteiger charge is 2.30. The first-order valence-electron chi connectivity index (χ1n) is 11.1.